The van der Waals surface area contributed by atoms with Crippen LogP contribution < -0.4 is 0 Å². The van der Waals surface area contributed by atoms with Gasteiger partial charge in [0.2, 0.25) is 5.91 Å². The van der Waals surface area contributed by atoms with Crippen LogP contribution in [0, 0.1) is 0 Å². The maximum Gasteiger partial charge on any atom is 0.303 e. The molecule has 1 aliphatic rings. The predicted molar refractivity (Wildman–Crippen MR) is 120 cm³/mol. The van der Waals surface area contributed by atoms with E-state index in [-0.39, 0.29) is 12.3 Å². The number of pyridine rings is 1. The van der Waals surface area contributed by atoms with Crippen LogP contribution in [0.15, 0.2) is 42.6 Å². The van der Waals surface area contributed by atoms with Gasteiger partial charge in [0.25, 0.3) is 0 Å². The van der Waals surface area contributed by atoms with Crippen LogP contribution >= 0.6 is 11.6 Å². The van der Waals surface area contributed by atoms with Crippen molar-refractivity contribution >= 4 is 34.5 Å². The van der Waals surface area contributed by atoms with Crippen molar-refractivity contribution in [2.24, 2.45) is 0 Å². The lowest BCUT2D eigenvalue weighted by Crippen LogP contribution is -2.36. The lowest BCUT2D eigenvalue weighted by atomic mass is 10.0. The summed E-state index contributed by atoms with van der Waals surface area (Å²) in [4.78, 5) is 30.0. The average Bonchev–Trinajstić information content (AvgIpc) is 3.06. The zero-order valence-corrected chi connectivity index (χ0v) is 18.1. The number of benzene rings is 1. The molecule has 0 spiro atoms. The van der Waals surface area contributed by atoms with Crippen LogP contribution in [-0.2, 0) is 29.1 Å². The van der Waals surface area contributed by atoms with E-state index in [1.54, 1.807) is 0 Å². The van der Waals surface area contributed by atoms with Crippen molar-refractivity contribution in [2.45, 2.75) is 51.6 Å². The van der Waals surface area contributed by atoms with Gasteiger partial charge in [0.15, 0.2) is 0 Å². The van der Waals surface area contributed by atoms with E-state index in [4.69, 9.17) is 16.7 Å². The first-order valence-corrected chi connectivity index (χ1v) is 11.1. The molecule has 1 amide bonds. The largest absolute Gasteiger partial charge is 0.481 e. The minimum absolute atomic E-state index is 0.133. The zero-order valence-electron chi connectivity index (χ0n) is 17.4. The Morgan fingerprint density at radius 2 is 1.94 bits per heavy atom. The summed E-state index contributed by atoms with van der Waals surface area (Å²) in [5.41, 5.74) is 4.45. The van der Waals surface area contributed by atoms with Crippen LogP contribution in [0.3, 0.4) is 0 Å². The molecular formula is C24H26ClN3O3. The number of carboxylic acids is 1. The summed E-state index contributed by atoms with van der Waals surface area (Å²) < 4.78 is 2.21. The Hall–Kier alpha value is -2.86. The quantitative estimate of drug-likeness (QED) is 0.518. The third kappa shape index (κ3) is 4.90. The van der Waals surface area contributed by atoms with Gasteiger partial charge in [-0.3, -0.25) is 9.59 Å². The number of hydrogen-bond donors (Lipinski definition) is 1. The van der Waals surface area contributed by atoms with Gasteiger partial charge in [0.1, 0.15) is 5.65 Å². The smallest absolute Gasteiger partial charge is 0.303 e. The number of carbonyl (C=O) groups excluding carboxylic acids is 1. The second kappa shape index (κ2) is 9.52. The number of fused-ring (bicyclic) bond motifs is 3. The number of aliphatic carboxylic acids is 1. The van der Waals surface area contributed by atoms with Crippen molar-refractivity contribution < 1.29 is 14.7 Å². The highest BCUT2D eigenvalue weighted by molar-refractivity contribution is 6.30. The molecule has 3 aromatic rings. The molecule has 0 radical (unpaired) electrons. The predicted octanol–water partition coefficient (Wildman–Crippen LogP) is 4.66. The maximum atomic E-state index is 12.8. The van der Waals surface area contributed by atoms with Crippen molar-refractivity contribution in [3.05, 3.63) is 64.4 Å². The zero-order chi connectivity index (χ0) is 21.8. The van der Waals surface area contributed by atoms with Crippen molar-refractivity contribution in [1.29, 1.82) is 0 Å². The number of amides is 1. The maximum absolute atomic E-state index is 12.8. The number of aromatic nitrogens is 2. The van der Waals surface area contributed by atoms with Gasteiger partial charge in [0.05, 0.1) is 6.54 Å². The van der Waals surface area contributed by atoms with Crippen LogP contribution in [0.4, 0.5) is 0 Å². The summed E-state index contributed by atoms with van der Waals surface area (Å²) in [5.74, 6) is -0.649. The Labute approximate surface area is 186 Å². The fourth-order valence-corrected chi connectivity index (χ4v) is 4.56. The first-order valence-electron chi connectivity index (χ1n) is 10.7. The molecule has 1 N–H and O–H groups in total. The minimum Gasteiger partial charge on any atom is -0.481 e. The highest BCUT2D eigenvalue weighted by Crippen LogP contribution is 2.31. The van der Waals surface area contributed by atoms with Gasteiger partial charge < -0.3 is 14.6 Å². The molecular weight excluding hydrogens is 414 g/mol. The van der Waals surface area contributed by atoms with E-state index >= 15 is 0 Å². The second-order valence-electron chi connectivity index (χ2n) is 8.04. The molecule has 2 aromatic heterocycles. The average molecular weight is 440 g/mol. The SMILES string of the molecule is O=C(O)CCCCCC(=O)N1CCc2c(n(Cc3cccc(Cl)c3)c3ncccc23)C1. The molecule has 3 heterocycles. The molecule has 0 saturated heterocycles. The van der Waals surface area contributed by atoms with E-state index in [0.717, 1.165) is 41.6 Å². The van der Waals surface area contributed by atoms with Crippen molar-refractivity contribution in [2.75, 3.05) is 6.54 Å². The van der Waals surface area contributed by atoms with Gasteiger partial charge in [-0.05, 0) is 54.7 Å². The Kier molecular flexibility index (Phi) is 6.56. The molecule has 31 heavy (non-hydrogen) atoms. The summed E-state index contributed by atoms with van der Waals surface area (Å²) in [6.45, 7) is 1.92. The normalized spacial score (nSPS) is 13.4. The molecule has 162 valence electrons. The first-order chi connectivity index (χ1) is 15.0. The molecule has 0 atom stereocenters. The van der Waals surface area contributed by atoms with E-state index in [2.05, 4.69) is 21.7 Å². The third-order valence-electron chi connectivity index (χ3n) is 5.88. The number of nitrogens with zero attached hydrogens (tertiary/aromatic N) is 3. The van der Waals surface area contributed by atoms with Gasteiger partial charge >= 0.3 is 5.97 Å². The highest BCUT2D eigenvalue weighted by Gasteiger charge is 2.27. The summed E-state index contributed by atoms with van der Waals surface area (Å²) >= 11 is 6.19. The summed E-state index contributed by atoms with van der Waals surface area (Å²) in [6.07, 6.45) is 5.34. The number of hydrogen-bond acceptors (Lipinski definition) is 3. The number of carboxylic acid groups (broad SMARTS) is 1. The fraction of sp³-hybridized carbons (Fsp3) is 0.375. The van der Waals surface area contributed by atoms with Crippen molar-refractivity contribution in [3.8, 4) is 0 Å². The van der Waals surface area contributed by atoms with E-state index < -0.39 is 5.97 Å². The van der Waals surface area contributed by atoms with Gasteiger partial charge in [0, 0.05) is 48.2 Å². The fourth-order valence-electron chi connectivity index (χ4n) is 4.35. The van der Waals surface area contributed by atoms with Gasteiger partial charge in [-0.1, -0.05) is 30.2 Å². The van der Waals surface area contributed by atoms with Crippen molar-refractivity contribution in [1.82, 2.24) is 14.5 Å². The molecule has 0 bridgehead atoms. The standard InChI is InChI=1S/C24H26ClN3O3/c25-18-7-4-6-17(14-18)15-28-21-16-27(22(29)9-2-1-3-10-23(30)31)13-11-19(21)20-8-5-12-26-24(20)28/h4-8,12,14H,1-3,9-11,13,15-16H2,(H,30,31). The molecule has 4 rings (SSSR count). The molecule has 7 heteroatoms. The minimum atomic E-state index is -0.781. The van der Waals surface area contributed by atoms with Crippen LogP contribution in [0.2, 0.25) is 5.02 Å². The number of carbonyl (C=O) groups is 2. The molecule has 6 nitrogen and oxygen atoms in total. The molecule has 1 aliphatic heterocycles. The Morgan fingerprint density at radius 1 is 1.10 bits per heavy atom. The number of halogens is 1. The summed E-state index contributed by atoms with van der Waals surface area (Å²) in [7, 11) is 0. The van der Waals surface area contributed by atoms with E-state index in [1.807, 2.05) is 35.4 Å². The van der Waals surface area contributed by atoms with Crippen LogP contribution in [0.1, 0.15) is 48.9 Å². The third-order valence-corrected chi connectivity index (χ3v) is 6.11. The van der Waals surface area contributed by atoms with E-state index in [1.165, 1.54) is 5.56 Å². The highest BCUT2D eigenvalue weighted by atomic mass is 35.5. The van der Waals surface area contributed by atoms with Gasteiger partial charge in [-0.15, -0.1) is 0 Å². The topological polar surface area (TPSA) is 75.4 Å². The number of unbranched alkanes of at least 4 members (excludes halogenated alkanes) is 2. The first kappa shape index (κ1) is 21.4. The number of rotatable bonds is 8. The van der Waals surface area contributed by atoms with Crippen molar-refractivity contribution in [3.63, 3.8) is 0 Å². The van der Waals surface area contributed by atoms with E-state index in [0.29, 0.717) is 37.5 Å². The molecule has 1 aromatic carbocycles. The summed E-state index contributed by atoms with van der Waals surface area (Å²) in [6, 6.07) is 11.9. The Balaban J connectivity index is 1.52. The van der Waals surface area contributed by atoms with Gasteiger partial charge in [-0.2, -0.15) is 0 Å². The molecule has 0 unspecified atom stereocenters. The summed E-state index contributed by atoms with van der Waals surface area (Å²) in [5, 5.41) is 10.6. The molecule has 0 fully saturated rings. The van der Waals surface area contributed by atoms with Crippen LogP contribution in [0.5, 0.6) is 0 Å². The lowest BCUT2D eigenvalue weighted by Gasteiger charge is -2.28. The van der Waals surface area contributed by atoms with Crippen LogP contribution in [0.25, 0.3) is 11.0 Å². The Morgan fingerprint density at radius 3 is 2.74 bits per heavy atom. The molecule has 0 saturated carbocycles. The van der Waals surface area contributed by atoms with E-state index in [9.17, 15) is 9.59 Å². The lowest BCUT2D eigenvalue weighted by molar-refractivity contribution is -0.137. The second-order valence-corrected chi connectivity index (χ2v) is 8.47. The monoisotopic (exact) mass is 439 g/mol. The van der Waals surface area contributed by atoms with Crippen LogP contribution in [-0.4, -0.2) is 38.0 Å². The Bertz CT molecular complexity index is 1110. The van der Waals surface area contributed by atoms with Gasteiger partial charge in [-0.25, -0.2) is 4.98 Å². The molecule has 0 aliphatic carbocycles.